The molecular formula is C11H10ClNO3. The second-order valence-electron chi connectivity index (χ2n) is 2.85. The lowest BCUT2D eigenvalue weighted by Crippen LogP contribution is -2.14. The third-order valence-corrected chi connectivity index (χ3v) is 1.95. The van der Waals surface area contributed by atoms with E-state index in [2.05, 4.69) is 4.74 Å². The Kier molecular flexibility index (Phi) is 4.62. The van der Waals surface area contributed by atoms with Crippen molar-refractivity contribution in [2.45, 2.75) is 6.92 Å². The third-order valence-electron chi connectivity index (χ3n) is 1.71. The number of halogens is 1. The Morgan fingerprint density at radius 3 is 2.94 bits per heavy atom. The topological polar surface area (TPSA) is 59.3 Å². The zero-order valence-corrected chi connectivity index (χ0v) is 9.45. The van der Waals surface area contributed by atoms with Crippen LogP contribution >= 0.6 is 11.6 Å². The van der Waals surface area contributed by atoms with Gasteiger partial charge in [0.1, 0.15) is 11.8 Å². The number of hydrogen-bond acceptors (Lipinski definition) is 4. The van der Waals surface area contributed by atoms with Gasteiger partial charge in [-0.2, -0.15) is 5.26 Å². The van der Waals surface area contributed by atoms with Crippen LogP contribution in [0.4, 0.5) is 0 Å². The van der Waals surface area contributed by atoms with Crippen LogP contribution in [-0.2, 0) is 9.53 Å². The molecule has 1 aromatic carbocycles. The maximum atomic E-state index is 11.0. The van der Waals surface area contributed by atoms with Crippen LogP contribution in [0.15, 0.2) is 18.2 Å². The zero-order valence-electron chi connectivity index (χ0n) is 8.70. The smallest absolute Gasteiger partial charge is 0.344 e. The lowest BCUT2D eigenvalue weighted by atomic mass is 10.2. The molecule has 0 bridgehead atoms. The highest BCUT2D eigenvalue weighted by Gasteiger charge is 2.07. The number of carbonyl (C=O) groups excluding carboxylic acids is 1. The summed E-state index contributed by atoms with van der Waals surface area (Å²) in [7, 11) is 0. The lowest BCUT2D eigenvalue weighted by molar-refractivity contribution is -0.145. The Labute approximate surface area is 98.3 Å². The molecule has 1 aromatic rings. The number of ether oxygens (including phenoxy) is 2. The molecule has 0 aliphatic carbocycles. The molecule has 0 fully saturated rings. The molecule has 0 saturated heterocycles. The fraction of sp³-hybridized carbons (Fsp3) is 0.273. The maximum absolute atomic E-state index is 11.0. The number of benzene rings is 1. The molecule has 0 atom stereocenters. The van der Waals surface area contributed by atoms with Gasteiger partial charge in [0.15, 0.2) is 6.61 Å². The Hall–Kier alpha value is -1.73. The highest BCUT2D eigenvalue weighted by atomic mass is 35.5. The van der Waals surface area contributed by atoms with E-state index in [9.17, 15) is 4.79 Å². The van der Waals surface area contributed by atoms with Crippen LogP contribution in [0, 0.1) is 11.3 Å². The van der Waals surface area contributed by atoms with Gasteiger partial charge in [0, 0.05) is 11.1 Å². The molecule has 4 nitrogen and oxygen atoms in total. The van der Waals surface area contributed by atoms with E-state index in [1.54, 1.807) is 13.0 Å². The number of esters is 1. The third kappa shape index (κ3) is 3.44. The van der Waals surface area contributed by atoms with Crippen molar-refractivity contribution in [3.63, 3.8) is 0 Å². The van der Waals surface area contributed by atoms with E-state index in [0.29, 0.717) is 17.2 Å². The Bertz CT molecular complexity index is 426. The van der Waals surface area contributed by atoms with Gasteiger partial charge in [0.05, 0.1) is 12.2 Å². The van der Waals surface area contributed by atoms with Crippen LogP contribution in [0.2, 0.25) is 5.02 Å². The SMILES string of the molecule is CCOC(=O)COc1cc(Cl)ccc1C#N. The van der Waals surface area contributed by atoms with Crippen LogP contribution in [0.3, 0.4) is 0 Å². The largest absolute Gasteiger partial charge is 0.480 e. The van der Waals surface area contributed by atoms with E-state index in [-0.39, 0.29) is 12.4 Å². The number of carbonyl (C=O) groups is 1. The Balaban J connectivity index is 2.70. The van der Waals surface area contributed by atoms with Crippen molar-refractivity contribution >= 4 is 17.6 Å². The van der Waals surface area contributed by atoms with Crippen LogP contribution in [0.5, 0.6) is 5.75 Å². The second kappa shape index (κ2) is 5.99. The van der Waals surface area contributed by atoms with Crippen molar-refractivity contribution in [2.75, 3.05) is 13.2 Å². The maximum Gasteiger partial charge on any atom is 0.344 e. The molecule has 1 rings (SSSR count). The second-order valence-corrected chi connectivity index (χ2v) is 3.28. The molecule has 0 aliphatic rings. The summed E-state index contributed by atoms with van der Waals surface area (Å²) in [5, 5.41) is 9.23. The standard InChI is InChI=1S/C11H10ClNO3/c1-2-15-11(14)7-16-10-5-9(12)4-3-8(10)6-13/h3-5H,2,7H2,1H3. The number of rotatable bonds is 4. The summed E-state index contributed by atoms with van der Waals surface area (Å²) in [5.74, 6) is -0.200. The van der Waals surface area contributed by atoms with Gasteiger partial charge in [0.2, 0.25) is 0 Å². The van der Waals surface area contributed by atoms with Crippen molar-refractivity contribution in [1.82, 2.24) is 0 Å². The van der Waals surface area contributed by atoms with Crippen molar-refractivity contribution in [2.24, 2.45) is 0 Å². The normalized spacial score (nSPS) is 9.31. The van der Waals surface area contributed by atoms with E-state index >= 15 is 0 Å². The highest BCUT2D eigenvalue weighted by molar-refractivity contribution is 6.30. The van der Waals surface area contributed by atoms with Crippen LogP contribution < -0.4 is 4.74 Å². The van der Waals surface area contributed by atoms with Gasteiger partial charge in [-0.25, -0.2) is 4.79 Å². The minimum Gasteiger partial charge on any atom is -0.480 e. The first kappa shape index (κ1) is 12.3. The summed E-state index contributed by atoms with van der Waals surface area (Å²) in [5.41, 5.74) is 0.327. The van der Waals surface area contributed by atoms with E-state index < -0.39 is 5.97 Å². The number of nitrogens with zero attached hydrogens (tertiary/aromatic N) is 1. The van der Waals surface area contributed by atoms with Gasteiger partial charge < -0.3 is 9.47 Å². The van der Waals surface area contributed by atoms with Gasteiger partial charge in [-0.05, 0) is 19.1 Å². The Morgan fingerprint density at radius 2 is 2.31 bits per heavy atom. The fourth-order valence-electron chi connectivity index (χ4n) is 1.05. The van der Waals surface area contributed by atoms with Gasteiger partial charge >= 0.3 is 5.97 Å². The van der Waals surface area contributed by atoms with E-state index in [4.69, 9.17) is 21.6 Å². The van der Waals surface area contributed by atoms with Crippen LogP contribution in [0.25, 0.3) is 0 Å². The van der Waals surface area contributed by atoms with Crippen molar-refractivity contribution < 1.29 is 14.3 Å². The molecule has 0 radical (unpaired) electrons. The lowest BCUT2D eigenvalue weighted by Gasteiger charge is -2.07. The van der Waals surface area contributed by atoms with E-state index in [1.807, 2.05) is 6.07 Å². The molecule has 0 amide bonds. The molecule has 5 heteroatoms. The first-order chi connectivity index (χ1) is 7.67. The van der Waals surface area contributed by atoms with Crippen LogP contribution in [0.1, 0.15) is 12.5 Å². The monoisotopic (exact) mass is 239 g/mol. The predicted molar refractivity (Wildman–Crippen MR) is 58.3 cm³/mol. The summed E-state index contributed by atoms with van der Waals surface area (Å²) in [4.78, 5) is 11.0. The first-order valence-electron chi connectivity index (χ1n) is 4.65. The molecule has 0 heterocycles. The first-order valence-corrected chi connectivity index (χ1v) is 5.03. The average Bonchev–Trinajstić information content (AvgIpc) is 2.27. The molecule has 0 spiro atoms. The quantitative estimate of drug-likeness (QED) is 0.756. The van der Waals surface area contributed by atoms with Crippen molar-refractivity contribution in [3.8, 4) is 11.8 Å². The van der Waals surface area contributed by atoms with Crippen molar-refractivity contribution in [3.05, 3.63) is 28.8 Å². The molecule has 0 aromatic heterocycles. The molecule has 0 saturated carbocycles. The predicted octanol–water partition coefficient (Wildman–Crippen LogP) is 2.15. The molecule has 0 aliphatic heterocycles. The van der Waals surface area contributed by atoms with Crippen LogP contribution in [-0.4, -0.2) is 19.2 Å². The van der Waals surface area contributed by atoms with Crippen molar-refractivity contribution in [1.29, 1.82) is 5.26 Å². The van der Waals surface area contributed by atoms with Gasteiger partial charge in [0.25, 0.3) is 0 Å². The summed E-state index contributed by atoms with van der Waals surface area (Å²) in [6.07, 6.45) is 0. The molecule has 0 N–H and O–H groups in total. The summed E-state index contributed by atoms with van der Waals surface area (Å²) >= 11 is 5.74. The zero-order chi connectivity index (χ0) is 12.0. The molecular weight excluding hydrogens is 230 g/mol. The van der Waals surface area contributed by atoms with E-state index in [1.165, 1.54) is 12.1 Å². The fourth-order valence-corrected chi connectivity index (χ4v) is 1.21. The minimum atomic E-state index is -0.480. The number of hydrogen-bond donors (Lipinski definition) is 0. The highest BCUT2D eigenvalue weighted by Crippen LogP contribution is 2.22. The molecule has 0 unspecified atom stereocenters. The van der Waals surface area contributed by atoms with E-state index in [0.717, 1.165) is 0 Å². The molecule has 16 heavy (non-hydrogen) atoms. The average molecular weight is 240 g/mol. The minimum absolute atomic E-state index is 0.233. The summed E-state index contributed by atoms with van der Waals surface area (Å²) < 4.78 is 9.83. The van der Waals surface area contributed by atoms with Gasteiger partial charge in [-0.15, -0.1) is 0 Å². The van der Waals surface area contributed by atoms with Gasteiger partial charge in [-0.1, -0.05) is 11.6 Å². The Morgan fingerprint density at radius 1 is 1.56 bits per heavy atom. The number of nitriles is 1. The summed E-state index contributed by atoms with van der Waals surface area (Å²) in [6, 6.07) is 6.54. The summed E-state index contributed by atoms with van der Waals surface area (Å²) in [6.45, 7) is 1.77. The van der Waals surface area contributed by atoms with Gasteiger partial charge in [-0.3, -0.25) is 0 Å². The molecule has 84 valence electrons.